The van der Waals surface area contributed by atoms with Crippen molar-refractivity contribution in [3.63, 3.8) is 0 Å². The highest BCUT2D eigenvalue weighted by molar-refractivity contribution is 5.42. The van der Waals surface area contributed by atoms with E-state index in [2.05, 4.69) is 18.7 Å². The van der Waals surface area contributed by atoms with Crippen molar-refractivity contribution in [2.45, 2.75) is 26.8 Å². The van der Waals surface area contributed by atoms with Gasteiger partial charge in [-0.3, -0.25) is 4.90 Å². The number of anilines is 1. The van der Waals surface area contributed by atoms with E-state index in [0.717, 1.165) is 13.1 Å². The molecule has 2 nitrogen and oxygen atoms in total. The van der Waals surface area contributed by atoms with Gasteiger partial charge in [-0.25, -0.2) is 4.39 Å². The van der Waals surface area contributed by atoms with Gasteiger partial charge in [-0.05, 0) is 24.3 Å². The summed E-state index contributed by atoms with van der Waals surface area (Å²) < 4.78 is 13.8. The molecule has 0 bridgehead atoms. The van der Waals surface area contributed by atoms with E-state index in [4.69, 9.17) is 5.73 Å². The minimum absolute atomic E-state index is 0.251. The van der Waals surface area contributed by atoms with Crippen LogP contribution in [0, 0.1) is 17.7 Å². The van der Waals surface area contributed by atoms with Gasteiger partial charge < -0.3 is 5.73 Å². The number of hydrogen-bond donors (Lipinski definition) is 1. The van der Waals surface area contributed by atoms with Crippen LogP contribution in [0.1, 0.15) is 25.8 Å². The Morgan fingerprint density at radius 2 is 1.94 bits per heavy atom. The lowest BCUT2D eigenvalue weighted by molar-refractivity contribution is 0.133. The molecule has 94 valence electrons. The molecule has 2 rings (SSSR count). The first-order chi connectivity index (χ1) is 8.06. The summed E-state index contributed by atoms with van der Waals surface area (Å²) >= 11 is 0. The summed E-state index contributed by atoms with van der Waals surface area (Å²) in [4.78, 5) is 2.33. The van der Waals surface area contributed by atoms with Crippen LogP contribution in [0.25, 0.3) is 0 Å². The van der Waals surface area contributed by atoms with Gasteiger partial charge in [0.25, 0.3) is 0 Å². The van der Waals surface area contributed by atoms with Gasteiger partial charge in [0.2, 0.25) is 0 Å². The van der Waals surface area contributed by atoms with Crippen LogP contribution in [0.15, 0.2) is 18.2 Å². The predicted octanol–water partition coefficient (Wildman–Crippen LogP) is 2.89. The van der Waals surface area contributed by atoms with E-state index in [1.54, 1.807) is 6.07 Å². The molecule has 1 saturated heterocycles. The van der Waals surface area contributed by atoms with E-state index in [0.29, 0.717) is 23.9 Å². The second kappa shape index (κ2) is 5.05. The van der Waals surface area contributed by atoms with Crippen LogP contribution in [0.2, 0.25) is 0 Å². The third kappa shape index (κ3) is 2.97. The Morgan fingerprint density at radius 3 is 2.59 bits per heavy atom. The first kappa shape index (κ1) is 12.4. The Hall–Kier alpha value is -1.09. The number of piperidine rings is 1. The summed E-state index contributed by atoms with van der Waals surface area (Å²) in [7, 11) is 0. The Morgan fingerprint density at radius 1 is 1.29 bits per heavy atom. The van der Waals surface area contributed by atoms with Gasteiger partial charge in [0.1, 0.15) is 0 Å². The summed E-state index contributed by atoms with van der Waals surface area (Å²) in [5, 5.41) is 0. The second-order valence-corrected chi connectivity index (χ2v) is 5.46. The monoisotopic (exact) mass is 236 g/mol. The maximum atomic E-state index is 13.8. The SMILES string of the molecule is CC1CC(C)CN(Cc2cccc(N)c2F)C1. The molecule has 1 aromatic carbocycles. The average Bonchev–Trinajstić information content (AvgIpc) is 2.23. The number of nitrogen functional groups attached to an aromatic ring is 1. The highest BCUT2D eigenvalue weighted by Gasteiger charge is 2.22. The highest BCUT2D eigenvalue weighted by atomic mass is 19.1. The number of halogens is 1. The molecule has 1 aliphatic heterocycles. The van der Waals surface area contributed by atoms with Crippen molar-refractivity contribution in [3.8, 4) is 0 Å². The zero-order valence-electron chi connectivity index (χ0n) is 10.6. The zero-order valence-corrected chi connectivity index (χ0v) is 10.6. The molecular formula is C14H21FN2. The lowest BCUT2D eigenvalue weighted by atomic mass is 9.91. The Balaban J connectivity index is 2.07. The fourth-order valence-corrected chi connectivity index (χ4v) is 2.88. The van der Waals surface area contributed by atoms with Crippen LogP contribution >= 0.6 is 0 Å². The molecule has 0 aromatic heterocycles. The molecule has 3 heteroatoms. The van der Waals surface area contributed by atoms with Gasteiger partial charge in [0.15, 0.2) is 5.82 Å². The maximum absolute atomic E-state index is 13.8. The van der Waals surface area contributed by atoms with Crippen LogP contribution in [0.5, 0.6) is 0 Å². The fourth-order valence-electron chi connectivity index (χ4n) is 2.88. The molecule has 1 fully saturated rings. The second-order valence-electron chi connectivity index (χ2n) is 5.46. The summed E-state index contributed by atoms with van der Waals surface area (Å²) in [6, 6.07) is 5.26. The summed E-state index contributed by atoms with van der Waals surface area (Å²) in [5.74, 6) is 1.14. The Bertz CT molecular complexity index is 382. The van der Waals surface area contributed by atoms with Crippen molar-refractivity contribution in [2.24, 2.45) is 11.8 Å². The van der Waals surface area contributed by atoms with Crippen LogP contribution < -0.4 is 5.73 Å². The summed E-state index contributed by atoms with van der Waals surface area (Å²) in [5.41, 5.74) is 6.55. The molecule has 0 spiro atoms. The van der Waals surface area contributed by atoms with Gasteiger partial charge in [-0.15, -0.1) is 0 Å². The predicted molar refractivity (Wildman–Crippen MR) is 69.0 cm³/mol. The van der Waals surface area contributed by atoms with Gasteiger partial charge in [0, 0.05) is 25.2 Å². The van der Waals surface area contributed by atoms with Crippen LogP contribution in [0.4, 0.5) is 10.1 Å². The topological polar surface area (TPSA) is 29.3 Å². The van der Waals surface area contributed by atoms with Crippen molar-refractivity contribution in [2.75, 3.05) is 18.8 Å². The van der Waals surface area contributed by atoms with Gasteiger partial charge in [-0.2, -0.15) is 0 Å². The molecule has 2 unspecified atom stereocenters. The van der Waals surface area contributed by atoms with Crippen LogP contribution in [-0.4, -0.2) is 18.0 Å². The van der Waals surface area contributed by atoms with E-state index in [1.807, 2.05) is 12.1 Å². The number of nitrogens with zero attached hydrogens (tertiary/aromatic N) is 1. The quantitative estimate of drug-likeness (QED) is 0.800. The first-order valence-corrected chi connectivity index (χ1v) is 6.31. The van der Waals surface area contributed by atoms with Crippen LogP contribution in [0.3, 0.4) is 0 Å². The van der Waals surface area contributed by atoms with E-state index in [-0.39, 0.29) is 11.5 Å². The fraction of sp³-hybridized carbons (Fsp3) is 0.571. The summed E-state index contributed by atoms with van der Waals surface area (Å²) in [6.07, 6.45) is 1.27. The zero-order chi connectivity index (χ0) is 12.4. The van der Waals surface area contributed by atoms with Crippen molar-refractivity contribution in [1.29, 1.82) is 0 Å². The lowest BCUT2D eigenvalue weighted by Crippen LogP contribution is -2.38. The Labute approximate surface area is 103 Å². The van der Waals surface area contributed by atoms with Crippen LogP contribution in [-0.2, 0) is 6.54 Å². The number of benzene rings is 1. The third-order valence-corrected chi connectivity index (χ3v) is 3.45. The lowest BCUT2D eigenvalue weighted by Gasteiger charge is -2.35. The largest absolute Gasteiger partial charge is 0.396 e. The molecule has 1 aromatic rings. The minimum atomic E-state index is -0.252. The highest BCUT2D eigenvalue weighted by Crippen LogP contribution is 2.24. The molecule has 1 aliphatic rings. The Kier molecular flexibility index (Phi) is 3.67. The number of nitrogens with two attached hydrogens (primary N) is 1. The molecule has 17 heavy (non-hydrogen) atoms. The standard InChI is InChI=1S/C14H21FN2/c1-10-6-11(2)8-17(7-10)9-12-4-3-5-13(16)14(12)15/h3-5,10-11H,6-9,16H2,1-2H3. The normalized spacial score (nSPS) is 26.1. The molecule has 2 atom stereocenters. The van der Waals surface area contributed by atoms with E-state index in [1.165, 1.54) is 6.42 Å². The molecule has 0 radical (unpaired) electrons. The van der Waals surface area contributed by atoms with E-state index in [9.17, 15) is 4.39 Å². The van der Waals surface area contributed by atoms with E-state index >= 15 is 0 Å². The first-order valence-electron chi connectivity index (χ1n) is 6.31. The van der Waals surface area contributed by atoms with Gasteiger partial charge in [0.05, 0.1) is 5.69 Å². The number of rotatable bonds is 2. The third-order valence-electron chi connectivity index (χ3n) is 3.45. The number of hydrogen-bond acceptors (Lipinski definition) is 2. The van der Waals surface area contributed by atoms with Crippen molar-refractivity contribution >= 4 is 5.69 Å². The molecule has 1 heterocycles. The smallest absolute Gasteiger partial charge is 0.150 e. The van der Waals surface area contributed by atoms with E-state index < -0.39 is 0 Å². The maximum Gasteiger partial charge on any atom is 0.150 e. The van der Waals surface area contributed by atoms with Gasteiger partial charge >= 0.3 is 0 Å². The minimum Gasteiger partial charge on any atom is -0.396 e. The van der Waals surface area contributed by atoms with Crippen molar-refractivity contribution in [1.82, 2.24) is 4.90 Å². The summed E-state index contributed by atoms with van der Waals surface area (Å²) in [6.45, 7) is 7.31. The molecule has 2 N–H and O–H groups in total. The van der Waals surface area contributed by atoms with Gasteiger partial charge in [-0.1, -0.05) is 26.0 Å². The average molecular weight is 236 g/mol. The van der Waals surface area contributed by atoms with Crippen molar-refractivity contribution < 1.29 is 4.39 Å². The van der Waals surface area contributed by atoms with Crippen molar-refractivity contribution in [3.05, 3.63) is 29.6 Å². The molecule has 0 saturated carbocycles. The molecule has 0 amide bonds. The number of likely N-dealkylation sites (tertiary alicyclic amines) is 1. The molecular weight excluding hydrogens is 215 g/mol. The molecule has 0 aliphatic carbocycles.